The van der Waals surface area contributed by atoms with Crippen molar-refractivity contribution in [3.05, 3.63) is 34.2 Å². The molecular formula is C16H19ClN2O2S2. The Morgan fingerprint density at radius 1 is 1.30 bits per heavy atom. The molecule has 0 radical (unpaired) electrons. The van der Waals surface area contributed by atoms with Gasteiger partial charge in [0.2, 0.25) is 9.84 Å². The van der Waals surface area contributed by atoms with Gasteiger partial charge in [-0.2, -0.15) is 0 Å². The van der Waals surface area contributed by atoms with Crippen LogP contribution < -0.4 is 4.90 Å². The average molecular weight is 371 g/mol. The fourth-order valence-electron chi connectivity index (χ4n) is 2.77. The predicted octanol–water partition coefficient (Wildman–Crippen LogP) is 4.17. The highest BCUT2D eigenvalue weighted by Crippen LogP contribution is 2.37. The molecule has 2 aromatic rings. The Balaban J connectivity index is 1.95. The first-order chi connectivity index (χ1) is 10.9. The number of halogens is 1. The van der Waals surface area contributed by atoms with E-state index in [9.17, 15) is 8.42 Å². The normalized spacial score (nSPS) is 19.1. The standard InChI is InChI=1S/C16H19ClN2O2S2/c1-11-5-7-13(8-6-11)23(20,21)15-14(17)22-16(18-15)19-9-3-4-12(2)10-19/h5-8,12H,3-4,9-10H2,1-2H3/t12-/m1/s1. The van der Waals surface area contributed by atoms with Crippen LogP contribution in [0.3, 0.4) is 0 Å². The second-order valence-corrected chi connectivity index (χ2v) is 9.53. The molecule has 1 aliphatic heterocycles. The Morgan fingerprint density at radius 2 is 2.00 bits per heavy atom. The van der Waals surface area contributed by atoms with Crippen molar-refractivity contribution < 1.29 is 8.42 Å². The van der Waals surface area contributed by atoms with Crippen LogP contribution >= 0.6 is 22.9 Å². The van der Waals surface area contributed by atoms with Crippen LogP contribution in [-0.4, -0.2) is 26.5 Å². The van der Waals surface area contributed by atoms with Gasteiger partial charge in [0.25, 0.3) is 0 Å². The van der Waals surface area contributed by atoms with Crippen molar-refractivity contribution in [3.63, 3.8) is 0 Å². The fraction of sp³-hybridized carbons (Fsp3) is 0.438. The predicted molar refractivity (Wildman–Crippen MR) is 94.4 cm³/mol. The van der Waals surface area contributed by atoms with Gasteiger partial charge in [0.05, 0.1) is 4.90 Å². The van der Waals surface area contributed by atoms with E-state index >= 15 is 0 Å². The second kappa shape index (κ2) is 6.42. The van der Waals surface area contributed by atoms with Crippen LogP contribution in [0, 0.1) is 12.8 Å². The highest BCUT2D eigenvalue weighted by Gasteiger charge is 2.28. The zero-order valence-electron chi connectivity index (χ0n) is 13.1. The van der Waals surface area contributed by atoms with Crippen LogP contribution in [0.25, 0.3) is 0 Å². The number of benzene rings is 1. The summed E-state index contributed by atoms with van der Waals surface area (Å²) >= 11 is 7.47. The number of anilines is 1. The number of piperidine rings is 1. The molecule has 1 aromatic heterocycles. The highest BCUT2D eigenvalue weighted by molar-refractivity contribution is 7.91. The average Bonchev–Trinajstić information content (AvgIpc) is 2.90. The van der Waals surface area contributed by atoms with E-state index in [1.165, 1.54) is 17.8 Å². The van der Waals surface area contributed by atoms with Crippen LogP contribution in [0.4, 0.5) is 5.13 Å². The number of hydrogen-bond acceptors (Lipinski definition) is 5. The van der Waals surface area contributed by atoms with Crippen molar-refractivity contribution in [2.45, 2.75) is 36.6 Å². The zero-order valence-corrected chi connectivity index (χ0v) is 15.5. The summed E-state index contributed by atoms with van der Waals surface area (Å²) in [4.78, 5) is 6.73. The third-order valence-electron chi connectivity index (χ3n) is 4.06. The quantitative estimate of drug-likeness (QED) is 0.813. The topological polar surface area (TPSA) is 50.3 Å². The molecule has 3 rings (SSSR count). The Morgan fingerprint density at radius 3 is 2.65 bits per heavy atom. The summed E-state index contributed by atoms with van der Waals surface area (Å²) in [5.74, 6) is 0.587. The molecule has 1 atom stereocenters. The van der Waals surface area contributed by atoms with Gasteiger partial charge in [0.15, 0.2) is 10.2 Å². The minimum absolute atomic E-state index is 0.0266. The fourth-order valence-corrected chi connectivity index (χ4v) is 5.70. The maximum atomic E-state index is 12.8. The Hall–Kier alpha value is -1.11. The molecule has 2 heterocycles. The van der Waals surface area contributed by atoms with Crippen LogP contribution in [-0.2, 0) is 9.84 Å². The minimum atomic E-state index is -3.68. The summed E-state index contributed by atoms with van der Waals surface area (Å²) in [6.07, 6.45) is 2.29. The molecule has 23 heavy (non-hydrogen) atoms. The molecule has 0 unspecified atom stereocenters. The summed E-state index contributed by atoms with van der Waals surface area (Å²) < 4.78 is 25.8. The minimum Gasteiger partial charge on any atom is -0.348 e. The largest absolute Gasteiger partial charge is 0.348 e. The van der Waals surface area contributed by atoms with Crippen LogP contribution in [0.5, 0.6) is 0 Å². The molecule has 1 saturated heterocycles. The summed E-state index contributed by atoms with van der Waals surface area (Å²) in [6.45, 7) is 5.92. The molecule has 0 spiro atoms. The molecule has 7 heteroatoms. The third-order valence-corrected chi connectivity index (χ3v) is 7.31. The first kappa shape index (κ1) is 16.7. The Labute approximate surface area is 146 Å². The van der Waals surface area contributed by atoms with Gasteiger partial charge in [0.1, 0.15) is 4.34 Å². The molecule has 0 bridgehead atoms. The monoisotopic (exact) mass is 370 g/mol. The molecule has 0 amide bonds. The van der Waals surface area contributed by atoms with Crippen molar-refractivity contribution >= 4 is 37.9 Å². The van der Waals surface area contributed by atoms with Crippen molar-refractivity contribution in [3.8, 4) is 0 Å². The van der Waals surface area contributed by atoms with Crippen molar-refractivity contribution in [1.82, 2.24) is 4.98 Å². The van der Waals surface area contributed by atoms with E-state index in [-0.39, 0.29) is 14.3 Å². The summed E-state index contributed by atoms with van der Waals surface area (Å²) in [5.41, 5.74) is 1.01. The van der Waals surface area contributed by atoms with Gasteiger partial charge in [-0.25, -0.2) is 13.4 Å². The van der Waals surface area contributed by atoms with Gasteiger partial charge >= 0.3 is 0 Å². The summed E-state index contributed by atoms with van der Waals surface area (Å²) in [5, 5.41) is 0.675. The van der Waals surface area contributed by atoms with E-state index in [2.05, 4.69) is 16.8 Å². The van der Waals surface area contributed by atoms with Gasteiger partial charge in [0, 0.05) is 13.1 Å². The van der Waals surface area contributed by atoms with Gasteiger partial charge in [-0.05, 0) is 37.8 Å². The van der Waals surface area contributed by atoms with Crippen LogP contribution in [0.2, 0.25) is 4.34 Å². The van der Waals surface area contributed by atoms with E-state index in [0.717, 1.165) is 25.1 Å². The SMILES string of the molecule is Cc1ccc(S(=O)(=O)c2nc(N3CCC[C@@H](C)C3)sc2Cl)cc1. The maximum absolute atomic E-state index is 12.8. The number of sulfone groups is 1. The molecule has 1 aromatic carbocycles. The van der Waals surface area contributed by atoms with Gasteiger partial charge < -0.3 is 4.90 Å². The van der Waals surface area contributed by atoms with Crippen molar-refractivity contribution in [2.75, 3.05) is 18.0 Å². The summed E-state index contributed by atoms with van der Waals surface area (Å²) in [7, 11) is -3.68. The van der Waals surface area contributed by atoms with Gasteiger partial charge in [-0.3, -0.25) is 0 Å². The van der Waals surface area contributed by atoms with Gasteiger partial charge in [-0.1, -0.05) is 47.6 Å². The molecule has 4 nitrogen and oxygen atoms in total. The van der Waals surface area contributed by atoms with E-state index < -0.39 is 9.84 Å². The lowest BCUT2D eigenvalue weighted by Gasteiger charge is -2.30. The summed E-state index contributed by atoms with van der Waals surface area (Å²) in [6, 6.07) is 6.76. The first-order valence-corrected chi connectivity index (χ1v) is 10.3. The third kappa shape index (κ3) is 3.39. The van der Waals surface area contributed by atoms with E-state index in [0.29, 0.717) is 11.0 Å². The lowest BCUT2D eigenvalue weighted by Crippen LogP contribution is -2.34. The number of nitrogens with zero attached hydrogens (tertiary/aromatic N) is 2. The lowest BCUT2D eigenvalue weighted by atomic mass is 10.0. The Kier molecular flexibility index (Phi) is 4.67. The highest BCUT2D eigenvalue weighted by atomic mass is 35.5. The maximum Gasteiger partial charge on any atom is 0.226 e. The molecule has 0 N–H and O–H groups in total. The van der Waals surface area contributed by atoms with Crippen molar-refractivity contribution in [2.24, 2.45) is 5.92 Å². The molecule has 124 valence electrons. The second-order valence-electron chi connectivity index (χ2n) is 6.09. The lowest BCUT2D eigenvalue weighted by molar-refractivity contribution is 0.446. The number of aromatic nitrogens is 1. The van der Waals surface area contributed by atoms with E-state index in [1.54, 1.807) is 24.3 Å². The van der Waals surface area contributed by atoms with Crippen LogP contribution in [0.15, 0.2) is 34.2 Å². The molecule has 1 aliphatic rings. The zero-order chi connectivity index (χ0) is 16.6. The van der Waals surface area contributed by atoms with Gasteiger partial charge in [-0.15, -0.1) is 0 Å². The number of rotatable bonds is 3. The number of hydrogen-bond donors (Lipinski definition) is 0. The number of thiazole rings is 1. The molecule has 1 fully saturated rings. The molecule has 0 aliphatic carbocycles. The Bertz CT molecular complexity index is 800. The molecule has 0 saturated carbocycles. The molecular weight excluding hydrogens is 352 g/mol. The number of aryl methyl sites for hydroxylation is 1. The van der Waals surface area contributed by atoms with Crippen LogP contribution in [0.1, 0.15) is 25.3 Å². The van der Waals surface area contributed by atoms with E-state index in [1.807, 2.05) is 6.92 Å². The van der Waals surface area contributed by atoms with E-state index in [4.69, 9.17) is 11.6 Å². The van der Waals surface area contributed by atoms with Crippen molar-refractivity contribution in [1.29, 1.82) is 0 Å². The first-order valence-electron chi connectivity index (χ1n) is 7.61. The smallest absolute Gasteiger partial charge is 0.226 e.